The van der Waals surface area contributed by atoms with Gasteiger partial charge in [-0.3, -0.25) is 19.6 Å². The summed E-state index contributed by atoms with van der Waals surface area (Å²) in [4.78, 5) is 42.3. The summed E-state index contributed by atoms with van der Waals surface area (Å²) in [6, 6.07) is 3.69. The molecule has 0 aliphatic carbocycles. The molecular formula is C23H28N6O2. The normalized spacial score (nSPS) is 14.7. The number of hydrogen-bond donors (Lipinski definition) is 2. The van der Waals surface area contributed by atoms with Gasteiger partial charge in [0.15, 0.2) is 0 Å². The first kappa shape index (κ1) is 21.0. The quantitative estimate of drug-likeness (QED) is 0.572. The fourth-order valence-corrected chi connectivity index (χ4v) is 4.04. The summed E-state index contributed by atoms with van der Waals surface area (Å²) in [6.45, 7) is 4.06. The van der Waals surface area contributed by atoms with Gasteiger partial charge in [-0.25, -0.2) is 4.98 Å². The number of pyridine rings is 1. The zero-order valence-corrected chi connectivity index (χ0v) is 17.8. The minimum atomic E-state index is -0.0813. The number of likely N-dealkylation sites (tertiary alicyclic amines) is 1. The number of nitrogens with one attached hydrogen (secondary N) is 2. The lowest BCUT2D eigenvalue weighted by Gasteiger charge is -2.31. The molecule has 2 N–H and O–H groups in total. The molecule has 0 unspecified atom stereocenters. The molecule has 0 atom stereocenters. The van der Waals surface area contributed by atoms with Gasteiger partial charge in [-0.1, -0.05) is 12.8 Å². The van der Waals surface area contributed by atoms with Crippen LogP contribution in [0.2, 0.25) is 0 Å². The van der Waals surface area contributed by atoms with Crippen molar-refractivity contribution < 1.29 is 9.59 Å². The number of hydrogen-bond acceptors (Lipinski definition) is 5. The molecule has 0 radical (unpaired) electrons. The number of fused-ring (bicyclic) bond motifs is 1. The third-order valence-electron chi connectivity index (χ3n) is 5.89. The van der Waals surface area contributed by atoms with E-state index < -0.39 is 0 Å². The van der Waals surface area contributed by atoms with Crippen LogP contribution in [0, 0.1) is 12.8 Å². The Morgan fingerprint density at radius 2 is 2.00 bits per heavy atom. The molecule has 1 fully saturated rings. The molecule has 162 valence electrons. The molecule has 3 aromatic rings. The number of H-pyrrole nitrogens is 1. The number of aromatic nitrogens is 4. The molecule has 4 heterocycles. The van der Waals surface area contributed by atoms with Crippen LogP contribution >= 0.6 is 0 Å². The van der Waals surface area contributed by atoms with Crippen molar-refractivity contribution in [2.45, 2.75) is 39.0 Å². The van der Waals surface area contributed by atoms with Crippen LogP contribution in [0.3, 0.4) is 0 Å². The highest BCUT2D eigenvalue weighted by atomic mass is 16.2. The number of carbonyl (C=O) groups excluding carboxylic acids is 2. The van der Waals surface area contributed by atoms with E-state index in [1.165, 1.54) is 0 Å². The van der Waals surface area contributed by atoms with Crippen molar-refractivity contribution in [1.29, 1.82) is 0 Å². The highest BCUT2D eigenvalue weighted by Gasteiger charge is 2.24. The molecule has 0 saturated carbocycles. The first-order valence-corrected chi connectivity index (χ1v) is 10.9. The molecule has 4 rings (SSSR count). The molecule has 1 saturated heterocycles. The van der Waals surface area contributed by atoms with Crippen LogP contribution in [-0.4, -0.2) is 56.3 Å². The minimum Gasteiger partial charge on any atom is -0.351 e. The maximum atomic E-state index is 12.5. The Labute approximate surface area is 181 Å². The fraction of sp³-hybridized carbons (Fsp3) is 0.435. The Bertz CT molecular complexity index is 1000. The average Bonchev–Trinajstić information content (AvgIpc) is 3.24. The predicted octanol–water partition coefficient (Wildman–Crippen LogP) is 3.11. The van der Waals surface area contributed by atoms with E-state index in [-0.39, 0.29) is 11.8 Å². The highest BCUT2D eigenvalue weighted by molar-refractivity contribution is 5.97. The SMILES string of the molecule is Cc1cnc(C(=O)N2CCC(CCCCNC(=O)c3cc4cnccc4[nH]3)CC2)cn1. The molecule has 1 aliphatic heterocycles. The smallest absolute Gasteiger partial charge is 0.274 e. The maximum absolute atomic E-state index is 12.5. The van der Waals surface area contributed by atoms with Crippen molar-refractivity contribution in [1.82, 2.24) is 30.2 Å². The molecule has 3 aromatic heterocycles. The van der Waals surface area contributed by atoms with E-state index in [4.69, 9.17) is 0 Å². The molecule has 0 spiro atoms. The molecule has 31 heavy (non-hydrogen) atoms. The predicted molar refractivity (Wildman–Crippen MR) is 118 cm³/mol. The van der Waals surface area contributed by atoms with Gasteiger partial charge in [0, 0.05) is 49.1 Å². The van der Waals surface area contributed by atoms with Gasteiger partial charge in [0.25, 0.3) is 11.8 Å². The molecule has 1 aliphatic rings. The lowest BCUT2D eigenvalue weighted by molar-refractivity contribution is 0.0679. The summed E-state index contributed by atoms with van der Waals surface area (Å²) in [7, 11) is 0. The Balaban J connectivity index is 1.13. The van der Waals surface area contributed by atoms with E-state index in [0.29, 0.717) is 23.9 Å². The Kier molecular flexibility index (Phi) is 6.54. The fourth-order valence-electron chi connectivity index (χ4n) is 4.04. The van der Waals surface area contributed by atoms with Crippen LogP contribution in [0.4, 0.5) is 0 Å². The van der Waals surface area contributed by atoms with Crippen molar-refractivity contribution in [3.05, 3.63) is 54.0 Å². The number of aromatic amines is 1. The van der Waals surface area contributed by atoms with Gasteiger partial charge in [-0.15, -0.1) is 0 Å². The largest absolute Gasteiger partial charge is 0.351 e. The average molecular weight is 421 g/mol. The van der Waals surface area contributed by atoms with E-state index >= 15 is 0 Å². The van der Waals surface area contributed by atoms with Crippen LogP contribution in [0.5, 0.6) is 0 Å². The number of rotatable bonds is 7. The Morgan fingerprint density at radius 1 is 1.16 bits per heavy atom. The standard InChI is InChI=1S/C23H28N6O2/c1-16-13-27-21(15-26-16)23(31)29-10-6-17(7-11-29)4-2-3-8-25-22(30)20-12-18-14-24-9-5-19(18)28-20/h5,9,12-15,17,28H,2-4,6-8,10-11H2,1H3,(H,25,30). The lowest BCUT2D eigenvalue weighted by atomic mass is 9.91. The van der Waals surface area contributed by atoms with Crippen molar-refractivity contribution in [3.8, 4) is 0 Å². The van der Waals surface area contributed by atoms with Gasteiger partial charge in [0.05, 0.1) is 11.9 Å². The van der Waals surface area contributed by atoms with E-state index in [9.17, 15) is 9.59 Å². The summed E-state index contributed by atoms with van der Waals surface area (Å²) in [5.41, 5.74) is 2.72. The highest BCUT2D eigenvalue weighted by Crippen LogP contribution is 2.23. The third kappa shape index (κ3) is 5.25. The molecule has 8 heteroatoms. The van der Waals surface area contributed by atoms with E-state index in [1.54, 1.807) is 24.8 Å². The minimum absolute atomic E-state index is 0.0265. The Morgan fingerprint density at radius 3 is 2.74 bits per heavy atom. The number of aryl methyl sites for hydroxylation is 1. The number of unbranched alkanes of at least 4 members (excludes halogenated alkanes) is 1. The van der Waals surface area contributed by atoms with Gasteiger partial charge < -0.3 is 15.2 Å². The topological polar surface area (TPSA) is 104 Å². The summed E-state index contributed by atoms with van der Waals surface area (Å²) in [6.07, 6.45) is 11.8. The first-order chi connectivity index (χ1) is 15.1. The molecule has 8 nitrogen and oxygen atoms in total. The zero-order valence-electron chi connectivity index (χ0n) is 17.8. The van der Waals surface area contributed by atoms with Gasteiger partial charge in [-0.2, -0.15) is 0 Å². The Hall–Kier alpha value is -3.29. The van der Waals surface area contributed by atoms with Crippen LogP contribution in [0.1, 0.15) is 58.8 Å². The van der Waals surface area contributed by atoms with E-state index in [1.807, 2.05) is 24.0 Å². The van der Waals surface area contributed by atoms with E-state index in [0.717, 1.165) is 61.8 Å². The molecular weight excluding hydrogens is 392 g/mol. The molecule has 2 amide bonds. The van der Waals surface area contributed by atoms with Gasteiger partial charge >= 0.3 is 0 Å². The number of nitrogens with zero attached hydrogens (tertiary/aromatic N) is 4. The van der Waals surface area contributed by atoms with Crippen molar-refractivity contribution >= 4 is 22.7 Å². The van der Waals surface area contributed by atoms with Gasteiger partial charge in [0.2, 0.25) is 0 Å². The van der Waals surface area contributed by atoms with Crippen molar-refractivity contribution in [3.63, 3.8) is 0 Å². The third-order valence-corrected chi connectivity index (χ3v) is 5.89. The summed E-state index contributed by atoms with van der Waals surface area (Å²) < 4.78 is 0. The van der Waals surface area contributed by atoms with Gasteiger partial charge in [0.1, 0.15) is 11.4 Å². The van der Waals surface area contributed by atoms with Crippen molar-refractivity contribution in [2.75, 3.05) is 19.6 Å². The first-order valence-electron chi connectivity index (χ1n) is 10.9. The van der Waals surface area contributed by atoms with Crippen LogP contribution in [-0.2, 0) is 0 Å². The molecule has 0 aromatic carbocycles. The van der Waals surface area contributed by atoms with Crippen LogP contribution < -0.4 is 5.32 Å². The number of carbonyl (C=O) groups is 2. The number of piperidine rings is 1. The summed E-state index contributed by atoms with van der Waals surface area (Å²) in [5, 5.41) is 3.92. The van der Waals surface area contributed by atoms with Crippen LogP contribution in [0.25, 0.3) is 10.9 Å². The second kappa shape index (κ2) is 9.68. The molecule has 0 bridgehead atoms. The second-order valence-electron chi connectivity index (χ2n) is 8.18. The summed E-state index contributed by atoms with van der Waals surface area (Å²) >= 11 is 0. The number of amides is 2. The summed E-state index contributed by atoms with van der Waals surface area (Å²) in [5.74, 6) is 0.522. The maximum Gasteiger partial charge on any atom is 0.274 e. The second-order valence-corrected chi connectivity index (χ2v) is 8.18. The zero-order chi connectivity index (χ0) is 21.6. The van der Waals surface area contributed by atoms with Crippen LogP contribution in [0.15, 0.2) is 36.9 Å². The van der Waals surface area contributed by atoms with E-state index in [2.05, 4.69) is 25.3 Å². The monoisotopic (exact) mass is 420 g/mol. The lowest BCUT2D eigenvalue weighted by Crippen LogP contribution is -2.39. The van der Waals surface area contributed by atoms with Gasteiger partial charge in [-0.05, 0) is 44.2 Å². The van der Waals surface area contributed by atoms with Crippen molar-refractivity contribution in [2.24, 2.45) is 5.92 Å².